The maximum Gasteiger partial charge on any atom is 0.0809 e. The van der Waals surface area contributed by atoms with Gasteiger partial charge in [-0.15, -0.1) is 0 Å². The van der Waals surface area contributed by atoms with Gasteiger partial charge in [-0.25, -0.2) is 0 Å². The molecule has 0 radical (unpaired) electrons. The Balaban J connectivity index is 3.60. The second-order valence-corrected chi connectivity index (χ2v) is 4.85. The van der Waals surface area contributed by atoms with Gasteiger partial charge in [0.1, 0.15) is 0 Å². The summed E-state index contributed by atoms with van der Waals surface area (Å²) in [6.45, 7) is 0. The summed E-state index contributed by atoms with van der Waals surface area (Å²) in [5.74, 6) is 0. The van der Waals surface area contributed by atoms with Crippen molar-refractivity contribution in [2.24, 2.45) is 0 Å². The van der Waals surface area contributed by atoms with E-state index in [9.17, 15) is 0 Å². The average molecular weight is 376 g/mol. The molecular weight excluding hydrogens is 376 g/mol. The van der Waals surface area contributed by atoms with Gasteiger partial charge in [0, 0.05) is 0 Å². The monoisotopic (exact) mass is 374 g/mol. The van der Waals surface area contributed by atoms with E-state index in [0.29, 0.717) is 13.6 Å². The molecule has 0 heterocycles. The van der Waals surface area contributed by atoms with E-state index in [-0.39, 0.29) is 15.1 Å². The number of benzene rings is 1. The van der Waals surface area contributed by atoms with Crippen LogP contribution in [0.4, 0.5) is 0 Å². The van der Waals surface area contributed by atoms with Gasteiger partial charge in [-0.2, -0.15) is 0 Å². The van der Waals surface area contributed by atoms with Crippen LogP contribution in [0.3, 0.4) is 0 Å². The first-order valence-electron chi connectivity index (χ1n) is 2.63. The lowest BCUT2D eigenvalue weighted by molar-refractivity contribution is 1.63. The molecule has 1 aromatic carbocycles. The second kappa shape index (κ2) is 4.28. The third-order valence-electron chi connectivity index (χ3n) is 1.16. The summed E-state index contributed by atoms with van der Waals surface area (Å²) in [5, 5.41) is 1.32. The lowest BCUT2D eigenvalue weighted by Crippen LogP contribution is -1.83. The molecule has 12 heavy (non-hydrogen) atoms. The fraction of sp³-hybridized carbons (Fsp3) is 0. The van der Waals surface area contributed by atoms with Crippen molar-refractivity contribution < 1.29 is 0 Å². The van der Waals surface area contributed by atoms with E-state index in [1.807, 2.05) is 22.6 Å². The van der Waals surface area contributed by atoms with E-state index in [0.717, 1.165) is 0 Å². The lowest BCUT2D eigenvalue weighted by atomic mass is 10.3. The van der Waals surface area contributed by atoms with Crippen LogP contribution in [-0.2, 0) is 0 Å². The van der Waals surface area contributed by atoms with Gasteiger partial charge in [-0.1, -0.05) is 58.0 Å². The van der Waals surface area contributed by atoms with Crippen LogP contribution < -0.4 is 0 Å². The van der Waals surface area contributed by atoms with Gasteiger partial charge in [0.05, 0.1) is 28.7 Å². The maximum absolute atomic E-state index is 5.79. The Bertz CT molecular complexity index is 230. The van der Waals surface area contributed by atoms with E-state index in [1.165, 1.54) is 0 Å². The van der Waals surface area contributed by atoms with Gasteiger partial charge in [0.2, 0.25) is 0 Å². The highest BCUT2D eigenvalue weighted by Crippen LogP contribution is 2.44. The topological polar surface area (TPSA) is 0 Å². The molecule has 0 N–H and O–H groups in total. The maximum atomic E-state index is 5.79. The quantitative estimate of drug-likeness (QED) is 0.316. The Kier molecular flexibility index (Phi) is 4.09. The van der Waals surface area contributed by atoms with Crippen molar-refractivity contribution in [3.05, 3.63) is 28.7 Å². The molecule has 1 rings (SSSR count). The Hall–Kier alpha value is 1.40. The van der Waals surface area contributed by atoms with Crippen molar-refractivity contribution in [3.8, 4) is 0 Å². The summed E-state index contributed by atoms with van der Waals surface area (Å²) < 4.78 is 0.607. The fourth-order valence-electron chi connectivity index (χ4n) is 0.578. The molecule has 0 amide bonds. The van der Waals surface area contributed by atoms with E-state index in [4.69, 9.17) is 58.0 Å². The first kappa shape index (κ1) is 11.5. The smallest absolute Gasteiger partial charge is 0.0809 e. The van der Waals surface area contributed by atoms with Crippen LogP contribution in [0.15, 0.2) is 0 Å². The molecule has 0 bridgehead atoms. The first-order chi connectivity index (χ1) is 5.46. The van der Waals surface area contributed by atoms with Crippen molar-refractivity contribution in [1.82, 2.24) is 0 Å². The lowest BCUT2D eigenvalue weighted by Gasteiger charge is -2.06. The van der Waals surface area contributed by atoms with Gasteiger partial charge >= 0.3 is 0 Å². The minimum atomic E-state index is 0.189. The van der Waals surface area contributed by atoms with Crippen LogP contribution in [0.2, 0.25) is 25.1 Å². The molecule has 0 unspecified atom stereocenters. The van der Waals surface area contributed by atoms with Gasteiger partial charge in [0.15, 0.2) is 0 Å². The third-order valence-corrected chi connectivity index (χ3v) is 5.15. The Morgan fingerprint density at radius 3 is 1.17 bits per heavy atom. The highest BCUT2D eigenvalue weighted by Gasteiger charge is 2.16. The number of hydrogen-bond donors (Lipinski definition) is 0. The van der Waals surface area contributed by atoms with Gasteiger partial charge in [-0.3, -0.25) is 0 Å². The summed E-state index contributed by atoms with van der Waals surface area (Å²) >= 11 is 30.8. The summed E-state index contributed by atoms with van der Waals surface area (Å²) in [7, 11) is 0. The van der Waals surface area contributed by atoms with Crippen LogP contribution in [0.25, 0.3) is 0 Å². The minimum Gasteiger partial charge on any atom is -0.0814 e. The number of hydrogen-bond acceptors (Lipinski definition) is 0. The summed E-state index contributed by atoms with van der Waals surface area (Å²) in [5.41, 5.74) is 0. The minimum absolute atomic E-state index is 0.189. The molecule has 0 aliphatic heterocycles. The molecule has 0 fully saturated rings. The van der Waals surface area contributed by atoms with E-state index in [1.54, 1.807) is 0 Å². The van der Waals surface area contributed by atoms with Crippen LogP contribution >= 0.6 is 80.6 Å². The zero-order valence-corrected chi connectivity index (χ0v) is 11.2. The van der Waals surface area contributed by atoms with Gasteiger partial charge in [0.25, 0.3) is 0 Å². The molecule has 0 saturated carbocycles. The highest BCUT2D eigenvalue weighted by molar-refractivity contribution is 14.1. The first-order valence-corrected chi connectivity index (χ1v) is 5.60. The van der Waals surface area contributed by atoms with E-state index >= 15 is 0 Å². The summed E-state index contributed by atoms with van der Waals surface area (Å²) in [6, 6.07) is 0. The molecule has 0 atom stereocenters. The van der Waals surface area contributed by atoms with Crippen molar-refractivity contribution >= 4 is 80.6 Å². The van der Waals surface area contributed by atoms with Gasteiger partial charge < -0.3 is 0 Å². The van der Waals surface area contributed by atoms with Crippen LogP contribution in [0.1, 0.15) is 0 Å². The van der Waals surface area contributed by atoms with Crippen LogP contribution in [0.5, 0.6) is 0 Å². The molecule has 0 aliphatic rings. The molecule has 1 aromatic rings. The second-order valence-electron chi connectivity index (χ2n) is 1.88. The highest BCUT2D eigenvalue weighted by atomic mass is 127. The normalized spacial score (nSPS) is 10.5. The molecule has 0 aliphatic carbocycles. The van der Waals surface area contributed by atoms with Crippen LogP contribution in [0, 0.1) is 3.57 Å². The molecule has 0 nitrogen and oxygen atoms in total. The van der Waals surface area contributed by atoms with E-state index < -0.39 is 0 Å². The van der Waals surface area contributed by atoms with Gasteiger partial charge in [-0.05, 0) is 22.6 Å². The number of halogens is 6. The molecule has 0 spiro atoms. The fourth-order valence-corrected chi connectivity index (χ4v) is 2.57. The average Bonchev–Trinajstić information content (AvgIpc) is 2.08. The predicted molar refractivity (Wildman–Crippen MR) is 64.2 cm³/mol. The zero-order valence-electron chi connectivity index (χ0n) is 5.27. The Labute approximate surface area is 108 Å². The number of rotatable bonds is 0. The molecule has 0 aromatic heterocycles. The largest absolute Gasteiger partial charge is 0.0814 e. The molecule has 66 valence electrons. The van der Waals surface area contributed by atoms with Crippen LogP contribution in [-0.4, -0.2) is 0 Å². The van der Waals surface area contributed by atoms with Crippen molar-refractivity contribution in [1.29, 1.82) is 0 Å². The predicted octanol–water partition coefficient (Wildman–Crippen LogP) is 5.56. The van der Waals surface area contributed by atoms with Crippen molar-refractivity contribution in [2.75, 3.05) is 0 Å². The SMILES string of the molecule is Clc1c(Cl)c(Cl)c(I)c(Cl)c1Cl. The Morgan fingerprint density at radius 2 is 0.833 bits per heavy atom. The Morgan fingerprint density at radius 1 is 0.583 bits per heavy atom. The molecule has 6 heteroatoms. The molecule has 0 saturated heterocycles. The summed E-state index contributed by atoms with van der Waals surface area (Å²) in [6.07, 6.45) is 0. The molecular formula is C6Cl5I. The summed E-state index contributed by atoms with van der Waals surface area (Å²) in [4.78, 5) is 0. The third kappa shape index (κ3) is 1.91. The zero-order chi connectivity index (χ0) is 9.46. The standard InChI is InChI=1S/C6Cl5I/c7-1-2(8)4(10)6(12)5(11)3(1)9. The van der Waals surface area contributed by atoms with Crippen molar-refractivity contribution in [2.45, 2.75) is 0 Å². The van der Waals surface area contributed by atoms with E-state index in [2.05, 4.69) is 0 Å². The van der Waals surface area contributed by atoms with Crippen molar-refractivity contribution in [3.63, 3.8) is 0 Å².